The van der Waals surface area contributed by atoms with Gasteiger partial charge >= 0.3 is 5.97 Å². The molecule has 0 radical (unpaired) electrons. The van der Waals surface area contributed by atoms with E-state index in [-0.39, 0.29) is 12.2 Å². The lowest BCUT2D eigenvalue weighted by molar-refractivity contribution is 0.0696. The molecule has 18 heavy (non-hydrogen) atoms. The summed E-state index contributed by atoms with van der Waals surface area (Å²) >= 11 is 0. The number of aromatic nitrogens is 1. The molecule has 0 amide bonds. The molecule has 0 spiro atoms. The number of nitrogens with one attached hydrogen (secondary N) is 1. The number of carboxylic acids is 1. The largest absolute Gasteiger partial charge is 0.478 e. The van der Waals surface area contributed by atoms with Gasteiger partial charge in [0, 0.05) is 12.2 Å². The van der Waals surface area contributed by atoms with E-state index in [1.807, 2.05) is 6.92 Å². The molecule has 0 aliphatic rings. The molecule has 1 aromatic rings. The molecular weight excluding hydrogens is 236 g/mol. The fourth-order valence-electron chi connectivity index (χ4n) is 1.40. The van der Waals surface area contributed by atoms with Crippen LogP contribution in [0.2, 0.25) is 0 Å². The van der Waals surface area contributed by atoms with Crippen LogP contribution in [-0.2, 0) is 11.2 Å². The van der Waals surface area contributed by atoms with Crippen LogP contribution < -0.4 is 5.32 Å². The van der Waals surface area contributed by atoms with Gasteiger partial charge in [-0.05, 0) is 18.6 Å². The summed E-state index contributed by atoms with van der Waals surface area (Å²) in [6.45, 7) is 3.15. The van der Waals surface area contributed by atoms with Crippen molar-refractivity contribution in [2.75, 3.05) is 31.7 Å². The zero-order chi connectivity index (χ0) is 13.4. The Morgan fingerprint density at radius 2 is 2.22 bits per heavy atom. The number of ether oxygens (including phenoxy) is 1. The summed E-state index contributed by atoms with van der Waals surface area (Å²) in [6, 6.07) is 3.06. The molecule has 1 aromatic heterocycles. The summed E-state index contributed by atoms with van der Waals surface area (Å²) in [5.41, 5.74) is 0.953. The highest BCUT2D eigenvalue weighted by atomic mass is 16.5. The number of carboxylic acid groups (broad SMARTS) is 1. The number of hydrogen-bond acceptors (Lipinski definition) is 5. The normalized spacial score (nSPS) is 10.3. The fraction of sp³-hybridized carbons (Fsp3) is 0.500. The third-order valence-electron chi connectivity index (χ3n) is 2.28. The fourth-order valence-corrected chi connectivity index (χ4v) is 1.40. The van der Waals surface area contributed by atoms with E-state index < -0.39 is 5.97 Å². The van der Waals surface area contributed by atoms with Crippen molar-refractivity contribution in [3.63, 3.8) is 0 Å². The van der Waals surface area contributed by atoms with E-state index in [9.17, 15) is 4.79 Å². The van der Waals surface area contributed by atoms with E-state index in [2.05, 4.69) is 10.3 Å². The highest BCUT2D eigenvalue weighted by molar-refractivity contribution is 5.88. The van der Waals surface area contributed by atoms with Crippen molar-refractivity contribution < 1.29 is 19.7 Å². The number of aryl methyl sites for hydroxylation is 1. The lowest BCUT2D eigenvalue weighted by atomic mass is 10.2. The molecule has 0 unspecified atom stereocenters. The standard InChI is InChI=1S/C12H18N2O4/c1-2-10-7-9(12(16)17)8-11(14-10)13-3-5-18-6-4-15/h7-8,15H,2-6H2,1H3,(H,13,14)(H,16,17). The number of pyridine rings is 1. The molecule has 100 valence electrons. The maximum atomic E-state index is 10.9. The molecule has 0 aliphatic heterocycles. The first-order valence-corrected chi connectivity index (χ1v) is 5.84. The molecule has 0 bridgehead atoms. The average molecular weight is 254 g/mol. The molecule has 6 nitrogen and oxygen atoms in total. The third kappa shape index (κ3) is 4.68. The summed E-state index contributed by atoms with van der Waals surface area (Å²) in [7, 11) is 0. The molecule has 0 saturated carbocycles. The number of rotatable bonds is 8. The van der Waals surface area contributed by atoms with Crippen molar-refractivity contribution >= 4 is 11.8 Å². The highest BCUT2D eigenvalue weighted by Gasteiger charge is 2.07. The second-order valence-corrected chi connectivity index (χ2v) is 3.65. The quantitative estimate of drug-likeness (QED) is 0.593. The summed E-state index contributed by atoms with van der Waals surface area (Å²) < 4.78 is 5.08. The van der Waals surface area contributed by atoms with Crippen LogP contribution in [0.25, 0.3) is 0 Å². The second kappa shape index (κ2) is 7.62. The Bertz CT molecular complexity index is 396. The topological polar surface area (TPSA) is 91.7 Å². The maximum Gasteiger partial charge on any atom is 0.335 e. The molecule has 0 atom stereocenters. The Morgan fingerprint density at radius 3 is 2.83 bits per heavy atom. The van der Waals surface area contributed by atoms with Gasteiger partial charge in [-0.2, -0.15) is 0 Å². The van der Waals surface area contributed by atoms with Gasteiger partial charge in [0.2, 0.25) is 0 Å². The molecule has 0 fully saturated rings. The number of aromatic carboxylic acids is 1. The van der Waals surface area contributed by atoms with Crippen molar-refractivity contribution in [1.82, 2.24) is 4.98 Å². The van der Waals surface area contributed by atoms with E-state index in [1.54, 1.807) is 6.07 Å². The Balaban J connectivity index is 2.58. The number of aliphatic hydroxyl groups is 1. The van der Waals surface area contributed by atoms with Crippen LogP contribution in [0.5, 0.6) is 0 Å². The monoisotopic (exact) mass is 254 g/mol. The number of hydrogen-bond donors (Lipinski definition) is 3. The minimum atomic E-state index is -0.966. The van der Waals surface area contributed by atoms with Gasteiger partial charge in [0.05, 0.1) is 25.4 Å². The second-order valence-electron chi connectivity index (χ2n) is 3.65. The first-order valence-electron chi connectivity index (χ1n) is 5.84. The van der Waals surface area contributed by atoms with Gasteiger partial charge in [0.25, 0.3) is 0 Å². The molecule has 1 heterocycles. The van der Waals surface area contributed by atoms with Crippen molar-refractivity contribution in [1.29, 1.82) is 0 Å². The summed E-state index contributed by atoms with van der Waals surface area (Å²) in [5.74, 6) is -0.439. The highest BCUT2D eigenvalue weighted by Crippen LogP contribution is 2.11. The van der Waals surface area contributed by atoms with Crippen LogP contribution in [0.4, 0.5) is 5.82 Å². The number of nitrogens with zero attached hydrogens (tertiary/aromatic N) is 1. The van der Waals surface area contributed by atoms with Crippen LogP contribution >= 0.6 is 0 Å². The van der Waals surface area contributed by atoms with E-state index in [4.69, 9.17) is 14.9 Å². The van der Waals surface area contributed by atoms with Crippen LogP contribution in [0.3, 0.4) is 0 Å². The van der Waals surface area contributed by atoms with Crippen molar-refractivity contribution in [3.8, 4) is 0 Å². The number of anilines is 1. The first kappa shape index (κ1) is 14.4. The van der Waals surface area contributed by atoms with Gasteiger partial charge in [-0.25, -0.2) is 9.78 Å². The van der Waals surface area contributed by atoms with Crippen LogP contribution in [0.15, 0.2) is 12.1 Å². The number of aliphatic hydroxyl groups excluding tert-OH is 1. The van der Waals surface area contributed by atoms with E-state index in [0.717, 1.165) is 5.69 Å². The maximum absolute atomic E-state index is 10.9. The van der Waals surface area contributed by atoms with Gasteiger partial charge in [0.15, 0.2) is 0 Å². The first-order chi connectivity index (χ1) is 8.67. The Labute approximate surface area is 106 Å². The van der Waals surface area contributed by atoms with E-state index >= 15 is 0 Å². The summed E-state index contributed by atoms with van der Waals surface area (Å²) in [5, 5.41) is 20.5. The smallest absolute Gasteiger partial charge is 0.335 e. The van der Waals surface area contributed by atoms with Crippen molar-refractivity contribution in [3.05, 3.63) is 23.4 Å². The lowest BCUT2D eigenvalue weighted by Crippen LogP contribution is -2.13. The predicted molar refractivity (Wildman–Crippen MR) is 67.0 cm³/mol. The average Bonchev–Trinajstić information content (AvgIpc) is 2.38. The zero-order valence-electron chi connectivity index (χ0n) is 10.3. The van der Waals surface area contributed by atoms with Crippen LogP contribution in [0.1, 0.15) is 23.0 Å². The Morgan fingerprint density at radius 1 is 1.44 bits per heavy atom. The van der Waals surface area contributed by atoms with Crippen LogP contribution in [0, 0.1) is 0 Å². The molecule has 0 aliphatic carbocycles. The van der Waals surface area contributed by atoms with Gasteiger partial charge in [-0.3, -0.25) is 0 Å². The summed E-state index contributed by atoms with van der Waals surface area (Å²) in [6.07, 6.45) is 0.677. The third-order valence-corrected chi connectivity index (χ3v) is 2.28. The Hall–Kier alpha value is -1.66. The van der Waals surface area contributed by atoms with Crippen LogP contribution in [-0.4, -0.2) is 47.5 Å². The molecule has 3 N–H and O–H groups in total. The molecule has 0 aromatic carbocycles. The summed E-state index contributed by atoms with van der Waals surface area (Å²) in [4.78, 5) is 15.2. The molecule has 0 saturated heterocycles. The van der Waals surface area contributed by atoms with Gasteiger partial charge in [-0.15, -0.1) is 0 Å². The molecule has 6 heteroatoms. The van der Waals surface area contributed by atoms with Gasteiger partial charge in [0.1, 0.15) is 5.82 Å². The zero-order valence-corrected chi connectivity index (χ0v) is 10.3. The predicted octanol–water partition coefficient (Wildman–Crippen LogP) is 0.763. The van der Waals surface area contributed by atoms with Crippen molar-refractivity contribution in [2.45, 2.75) is 13.3 Å². The minimum absolute atomic E-state index is 0.00721. The van der Waals surface area contributed by atoms with Gasteiger partial charge in [-0.1, -0.05) is 6.92 Å². The van der Waals surface area contributed by atoms with Crippen molar-refractivity contribution in [2.24, 2.45) is 0 Å². The SMILES string of the molecule is CCc1cc(C(=O)O)cc(NCCOCCO)n1. The van der Waals surface area contributed by atoms with E-state index in [1.165, 1.54) is 6.07 Å². The molecule has 1 rings (SSSR count). The van der Waals surface area contributed by atoms with E-state index in [0.29, 0.717) is 32.0 Å². The number of carbonyl (C=O) groups is 1. The van der Waals surface area contributed by atoms with Gasteiger partial charge < -0.3 is 20.3 Å². The Kier molecular flexibility index (Phi) is 6.10. The minimum Gasteiger partial charge on any atom is -0.478 e. The molecular formula is C12H18N2O4. The lowest BCUT2D eigenvalue weighted by Gasteiger charge is -2.08.